The summed E-state index contributed by atoms with van der Waals surface area (Å²) < 4.78 is 6.20. The molecule has 1 aliphatic heterocycles. The Kier molecular flexibility index (Phi) is 6.77. The fraction of sp³-hybridized carbons (Fsp3) is 0.357. The third-order valence-corrected chi connectivity index (χ3v) is 7.76. The van der Waals surface area contributed by atoms with Crippen molar-refractivity contribution < 1.29 is 14.3 Å². The van der Waals surface area contributed by atoms with Crippen molar-refractivity contribution >= 4 is 29.0 Å². The van der Waals surface area contributed by atoms with E-state index in [-0.39, 0.29) is 30.6 Å². The number of nitrogens with one attached hydrogen (secondary N) is 1. The molecule has 1 aliphatic carbocycles. The zero-order valence-electron chi connectivity index (χ0n) is 20.2. The van der Waals surface area contributed by atoms with Gasteiger partial charge in [0.25, 0.3) is 0 Å². The summed E-state index contributed by atoms with van der Waals surface area (Å²) in [5, 5.41) is 5.06. The maximum atomic E-state index is 13.6. The highest BCUT2D eigenvalue weighted by molar-refractivity contribution is 7.10. The third kappa shape index (κ3) is 5.35. The molecule has 1 aromatic heterocycles. The number of para-hydroxylation sites is 1. The number of ether oxygens (including phenoxy) is 1. The van der Waals surface area contributed by atoms with Crippen LogP contribution in [0.25, 0.3) is 0 Å². The maximum Gasteiger partial charge on any atom is 0.322 e. The minimum atomic E-state index is -0.217. The van der Waals surface area contributed by atoms with Gasteiger partial charge in [0.05, 0.1) is 6.04 Å². The molecular formula is C28H31N3O3S. The van der Waals surface area contributed by atoms with E-state index in [1.807, 2.05) is 67.3 Å². The summed E-state index contributed by atoms with van der Waals surface area (Å²) >= 11 is 1.74. The summed E-state index contributed by atoms with van der Waals surface area (Å²) in [4.78, 5) is 31.6. The van der Waals surface area contributed by atoms with Crippen molar-refractivity contribution in [2.45, 2.75) is 45.2 Å². The van der Waals surface area contributed by atoms with E-state index < -0.39 is 0 Å². The van der Waals surface area contributed by atoms with E-state index >= 15 is 0 Å². The standard InChI is InChI=1S/C28H31N3O3S/c1-19-7-9-21(10-8-19)29-28(33)31(22-11-12-22)17-27(32)30-15-13-26-23(14-16-35-26)24(30)18-34-25-6-4-3-5-20(25)2/h3-10,14,16,22,24H,11-13,15,17-18H2,1-2H3,(H,29,33)/t24-/m1/s1. The third-order valence-electron chi connectivity index (χ3n) is 6.76. The summed E-state index contributed by atoms with van der Waals surface area (Å²) in [6.45, 7) is 5.13. The highest BCUT2D eigenvalue weighted by Crippen LogP contribution is 2.35. The topological polar surface area (TPSA) is 61.9 Å². The van der Waals surface area contributed by atoms with Crippen LogP contribution in [0.2, 0.25) is 0 Å². The molecule has 2 heterocycles. The van der Waals surface area contributed by atoms with Crippen molar-refractivity contribution in [2.24, 2.45) is 0 Å². The SMILES string of the molecule is Cc1ccc(NC(=O)N(CC(=O)N2CCc3sccc3[C@H]2COc2ccccc2C)C2CC2)cc1. The quantitative estimate of drug-likeness (QED) is 0.472. The zero-order chi connectivity index (χ0) is 24.4. The Balaban J connectivity index is 1.30. The van der Waals surface area contributed by atoms with Crippen molar-refractivity contribution in [2.75, 3.05) is 25.0 Å². The van der Waals surface area contributed by atoms with Gasteiger partial charge in [0, 0.05) is 23.2 Å². The predicted octanol–water partition coefficient (Wildman–Crippen LogP) is 5.57. The molecule has 0 radical (unpaired) electrons. The van der Waals surface area contributed by atoms with E-state index in [0.717, 1.165) is 47.4 Å². The molecule has 2 aliphatic rings. The van der Waals surface area contributed by atoms with Crippen LogP contribution in [0.3, 0.4) is 0 Å². The second kappa shape index (κ2) is 10.1. The minimum absolute atomic E-state index is 0.0359. The second-order valence-corrected chi connectivity index (χ2v) is 10.4. The molecule has 1 atom stereocenters. The smallest absolute Gasteiger partial charge is 0.322 e. The van der Waals surface area contributed by atoms with Crippen molar-refractivity contribution in [3.63, 3.8) is 0 Å². The minimum Gasteiger partial charge on any atom is -0.491 e. The number of aryl methyl sites for hydroxylation is 2. The highest BCUT2D eigenvalue weighted by Gasteiger charge is 2.38. The van der Waals surface area contributed by atoms with Crippen LogP contribution in [-0.4, -0.2) is 47.5 Å². The first-order chi connectivity index (χ1) is 17.0. The number of nitrogens with zero attached hydrogens (tertiary/aromatic N) is 2. The summed E-state index contributed by atoms with van der Waals surface area (Å²) in [7, 11) is 0. The van der Waals surface area contributed by atoms with E-state index in [1.165, 1.54) is 4.88 Å². The number of fused-ring (bicyclic) bond motifs is 1. The molecule has 6 nitrogen and oxygen atoms in total. The molecule has 1 saturated carbocycles. The van der Waals surface area contributed by atoms with Crippen LogP contribution in [0.4, 0.5) is 10.5 Å². The van der Waals surface area contributed by atoms with Crippen LogP contribution in [0.15, 0.2) is 60.0 Å². The van der Waals surface area contributed by atoms with Crippen LogP contribution in [-0.2, 0) is 11.2 Å². The van der Waals surface area contributed by atoms with Gasteiger partial charge in [-0.2, -0.15) is 0 Å². The number of rotatable bonds is 7. The maximum absolute atomic E-state index is 13.6. The molecule has 0 bridgehead atoms. The zero-order valence-corrected chi connectivity index (χ0v) is 21.0. The molecule has 3 amide bonds. The van der Waals surface area contributed by atoms with Crippen molar-refractivity contribution in [1.82, 2.24) is 9.80 Å². The number of thiophene rings is 1. The average Bonchev–Trinajstić information content (AvgIpc) is 3.58. The lowest BCUT2D eigenvalue weighted by atomic mass is 10.0. The first-order valence-electron chi connectivity index (χ1n) is 12.2. The molecule has 7 heteroatoms. The number of carbonyl (C=O) groups excluding carboxylic acids is 2. The van der Waals surface area contributed by atoms with Gasteiger partial charge in [0.15, 0.2) is 0 Å². The fourth-order valence-corrected chi connectivity index (χ4v) is 5.51. The van der Waals surface area contributed by atoms with Gasteiger partial charge in [0.2, 0.25) is 5.91 Å². The average molecular weight is 490 g/mol. The van der Waals surface area contributed by atoms with Crippen molar-refractivity contribution in [3.05, 3.63) is 81.5 Å². The normalized spacial score (nSPS) is 17.0. The lowest BCUT2D eigenvalue weighted by Gasteiger charge is -2.37. The number of hydrogen-bond donors (Lipinski definition) is 1. The van der Waals surface area contributed by atoms with Crippen LogP contribution in [0, 0.1) is 13.8 Å². The van der Waals surface area contributed by atoms with Gasteiger partial charge in [-0.05, 0) is 73.9 Å². The van der Waals surface area contributed by atoms with E-state index in [2.05, 4.69) is 16.8 Å². The summed E-state index contributed by atoms with van der Waals surface area (Å²) in [6.07, 6.45) is 2.70. The van der Waals surface area contributed by atoms with E-state index in [0.29, 0.717) is 13.2 Å². The molecule has 5 rings (SSSR count). The molecule has 2 aromatic carbocycles. The monoisotopic (exact) mass is 489 g/mol. The summed E-state index contributed by atoms with van der Waals surface area (Å²) in [5.41, 5.74) is 4.10. The lowest BCUT2D eigenvalue weighted by Crippen LogP contribution is -2.49. The van der Waals surface area contributed by atoms with Crippen LogP contribution < -0.4 is 10.1 Å². The molecule has 0 saturated heterocycles. The Bertz CT molecular complexity index is 1200. The Morgan fingerprint density at radius 2 is 1.86 bits per heavy atom. The molecule has 182 valence electrons. The fourth-order valence-electron chi connectivity index (χ4n) is 4.58. The Hall–Kier alpha value is -3.32. The van der Waals surface area contributed by atoms with E-state index in [1.54, 1.807) is 16.2 Å². The Labute approximate surface area is 210 Å². The van der Waals surface area contributed by atoms with Crippen molar-refractivity contribution in [1.29, 1.82) is 0 Å². The largest absolute Gasteiger partial charge is 0.491 e. The Morgan fingerprint density at radius 1 is 1.09 bits per heavy atom. The number of amides is 3. The van der Waals surface area contributed by atoms with Crippen LogP contribution in [0.1, 0.15) is 40.5 Å². The number of benzene rings is 2. The molecule has 0 spiro atoms. The van der Waals surface area contributed by atoms with Crippen molar-refractivity contribution in [3.8, 4) is 5.75 Å². The molecule has 1 fully saturated rings. The molecule has 35 heavy (non-hydrogen) atoms. The van der Waals surface area contributed by atoms with E-state index in [9.17, 15) is 9.59 Å². The van der Waals surface area contributed by atoms with Gasteiger partial charge in [-0.3, -0.25) is 4.79 Å². The van der Waals surface area contributed by atoms with Gasteiger partial charge in [-0.1, -0.05) is 35.9 Å². The Morgan fingerprint density at radius 3 is 2.60 bits per heavy atom. The number of anilines is 1. The number of carbonyl (C=O) groups is 2. The number of urea groups is 1. The number of hydrogen-bond acceptors (Lipinski definition) is 4. The molecule has 3 aromatic rings. The van der Waals surface area contributed by atoms with Gasteiger partial charge in [-0.15, -0.1) is 11.3 Å². The first-order valence-corrected chi connectivity index (χ1v) is 13.1. The predicted molar refractivity (Wildman–Crippen MR) is 139 cm³/mol. The molecule has 0 unspecified atom stereocenters. The van der Waals surface area contributed by atoms with Gasteiger partial charge < -0.3 is 19.9 Å². The second-order valence-electron chi connectivity index (χ2n) is 9.38. The summed E-state index contributed by atoms with van der Waals surface area (Å²) in [5.74, 6) is 0.797. The van der Waals surface area contributed by atoms with Gasteiger partial charge >= 0.3 is 6.03 Å². The van der Waals surface area contributed by atoms with E-state index in [4.69, 9.17) is 4.74 Å². The van der Waals surface area contributed by atoms with Gasteiger partial charge in [-0.25, -0.2) is 4.79 Å². The first kappa shape index (κ1) is 23.4. The highest BCUT2D eigenvalue weighted by atomic mass is 32.1. The van der Waals surface area contributed by atoms with Gasteiger partial charge in [0.1, 0.15) is 18.9 Å². The lowest BCUT2D eigenvalue weighted by molar-refractivity contribution is -0.135. The summed E-state index contributed by atoms with van der Waals surface area (Å²) in [6, 6.07) is 17.5. The molecule has 1 N–H and O–H groups in total. The molecular weight excluding hydrogens is 458 g/mol. The van der Waals surface area contributed by atoms with Crippen LogP contribution in [0.5, 0.6) is 5.75 Å². The van der Waals surface area contributed by atoms with Crippen LogP contribution >= 0.6 is 11.3 Å².